The van der Waals surface area contributed by atoms with Gasteiger partial charge in [-0.25, -0.2) is 9.97 Å². The number of nitrogens with one attached hydrogen (secondary N) is 1. The molecule has 0 saturated heterocycles. The van der Waals surface area contributed by atoms with Gasteiger partial charge in [-0.05, 0) is 6.92 Å². The van der Waals surface area contributed by atoms with E-state index in [1.807, 2.05) is 0 Å². The van der Waals surface area contributed by atoms with Crippen LogP contribution in [0.5, 0.6) is 0 Å². The quantitative estimate of drug-likeness (QED) is 0.531. The van der Waals surface area contributed by atoms with Gasteiger partial charge in [-0.15, -0.1) is 11.3 Å². The Hall–Kier alpha value is -2.06. The van der Waals surface area contributed by atoms with Gasteiger partial charge in [0, 0.05) is 17.6 Å². The number of pyridine rings is 1. The lowest BCUT2D eigenvalue weighted by Gasteiger charge is -2.11. The smallest absolute Gasteiger partial charge is 0.288 e. The van der Waals surface area contributed by atoms with E-state index in [2.05, 4.69) is 15.3 Å². The summed E-state index contributed by atoms with van der Waals surface area (Å²) in [6.45, 7) is 1.76. The second-order valence-electron chi connectivity index (χ2n) is 3.85. The molecule has 2 heterocycles. The van der Waals surface area contributed by atoms with Crippen LogP contribution in [0.2, 0.25) is 5.15 Å². The number of hydrogen-bond donors (Lipinski definition) is 1. The van der Waals surface area contributed by atoms with Crippen LogP contribution in [0.25, 0.3) is 0 Å². The fraction of sp³-hybridized carbons (Fsp3) is 0.182. The van der Waals surface area contributed by atoms with Gasteiger partial charge in [0.05, 0.1) is 16.5 Å². The Morgan fingerprint density at radius 1 is 1.55 bits per heavy atom. The van der Waals surface area contributed by atoms with Gasteiger partial charge in [-0.2, -0.15) is 0 Å². The maximum atomic E-state index is 12.1. The molecule has 0 radical (unpaired) electrons. The summed E-state index contributed by atoms with van der Waals surface area (Å²) < 4.78 is 0. The number of rotatable bonds is 4. The molecular weight excluding hydrogens is 304 g/mol. The molecule has 0 aromatic carbocycles. The summed E-state index contributed by atoms with van der Waals surface area (Å²) in [4.78, 5) is 29.8. The highest BCUT2D eigenvalue weighted by Crippen LogP contribution is 2.21. The van der Waals surface area contributed by atoms with E-state index in [4.69, 9.17) is 11.6 Å². The van der Waals surface area contributed by atoms with Crippen LogP contribution in [0.15, 0.2) is 23.8 Å². The molecule has 0 aliphatic rings. The Morgan fingerprint density at radius 3 is 2.90 bits per heavy atom. The van der Waals surface area contributed by atoms with E-state index in [0.717, 1.165) is 17.3 Å². The van der Waals surface area contributed by atoms with Crippen LogP contribution in [0.1, 0.15) is 28.3 Å². The maximum Gasteiger partial charge on any atom is 0.288 e. The summed E-state index contributed by atoms with van der Waals surface area (Å²) in [7, 11) is 0. The summed E-state index contributed by atoms with van der Waals surface area (Å²) in [5, 5.41) is 15.8. The van der Waals surface area contributed by atoms with Crippen molar-refractivity contribution in [1.82, 2.24) is 15.3 Å². The molecule has 0 bridgehead atoms. The summed E-state index contributed by atoms with van der Waals surface area (Å²) in [6.07, 6.45) is 2.63. The van der Waals surface area contributed by atoms with Crippen LogP contribution >= 0.6 is 22.9 Å². The molecule has 0 aliphatic heterocycles. The van der Waals surface area contributed by atoms with Crippen molar-refractivity contribution in [3.63, 3.8) is 0 Å². The molecule has 1 atom stereocenters. The SMILES string of the molecule is CC(NC(=O)c1cc([N+](=O)[O-])cnc1Cl)c1nccs1. The molecule has 0 spiro atoms. The van der Waals surface area contributed by atoms with Crippen LogP contribution in [0.3, 0.4) is 0 Å². The third-order valence-corrected chi connectivity index (χ3v) is 3.71. The minimum atomic E-state index is -0.635. The first kappa shape index (κ1) is 14.4. The van der Waals surface area contributed by atoms with E-state index in [1.165, 1.54) is 11.3 Å². The monoisotopic (exact) mass is 312 g/mol. The number of aromatic nitrogens is 2. The molecule has 2 aromatic heterocycles. The summed E-state index contributed by atoms with van der Waals surface area (Å²) in [5.41, 5.74) is -0.328. The van der Waals surface area contributed by atoms with Gasteiger partial charge in [0.2, 0.25) is 0 Å². The Bertz CT molecular complexity index is 647. The Kier molecular flexibility index (Phi) is 4.26. The minimum Gasteiger partial charge on any atom is -0.343 e. The Morgan fingerprint density at radius 2 is 2.30 bits per heavy atom. The molecule has 0 aliphatic carbocycles. The van der Waals surface area contributed by atoms with E-state index in [9.17, 15) is 14.9 Å². The number of carbonyl (C=O) groups is 1. The second-order valence-corrected chi connectivity index (χ2v) is 5.14. The number of carbonyl (C=O) groups excluding carboxylic acids is 1. The van der Waals surface area contributed by atoms with Crippen molar-refractivity contribution in [2.45, 2.75) is 13.0 Å². The molecule has 7 nitrogen and oxygen atoms in total. The van der Waals surface area contributed by atoms with Crippen molar-refractivity contribution in [2.75, 3.05) is 0 Å². The van der Waals surface area contributed by atoms with Gasteiger partial charge < -0.3 is 5.32 Å². The van der Waals surface area contributed by atoms with Crippen LogP contribution in [-0.2, 0) is 0 Å². The summed E-state index contributed by atoms with van der Waals surface area (Å²) in [5.74, 6) is -0.533. The van der Waals surface area contributed by atoms with Crippen molar-refractivity contribution < 1.29 is 9.72 Å². The fourth-order valence-electron chi connectivity index (χ4n) is 1.48. The molecule has 0 fully saturated rings. The number of hydrogen-bond acceptors (Lipinski definition) is 6. The van der Waals surface area contributed by atoms with Gasteiger partial charge in [0.1, 0.15) is 16.4 Å². The summed E-state index contributed by atoms with van der Waals surface area (Å²) >= 11 is 7.19. The molecule has 104 valence electrons. The highest BCUT2D eigenvalue weighted by Gasteiger charge is 2.19. The van der Waals surface area contributed by atoms with Crippen molar-refractivity contribution in [2.24, 2.45) is 0 Å². The van der Waals surface area contributed by atoms with Crippen LogP contribution in [0, 0.1) is 10.1 Å². The molecule has 1 N–H and O–H groups in total. The maximum absolute atomic E-state index is 12.1. The molecule has 2 aromatic rings. The van der Waals surface area contributed by atoms with Crippen LogP contribution in [-0.4, -0.2) is 20.8 Å². The van der Waals surface area contributed by atoms with E-state index in [1.54, 1.807) is 18.5 Å². The predicted molar refractivity (Wildman–Crippen MR) is 73.9 cm³/mol. The largest absolute Gasteiger partial charge is 0.343 e. The number of amides is 1. The highest BCUT2D eigenvalue weighted by molar-refractivity contribution is 7.09. The van der Waals surface area contributed by atoms with E-state index >= 15 is 0 Å². The zero-order valence-corrected chi connectivity index (χ0v) is 11.8. The number of thiazole rings is 1. The highest BCUT2D eigenvalue weighted by atomic mass is 35.5. The normalized spacial score (nSPS) is 11.9. The third-order valence-electron chi connectivity index (χ3n) is 2.45. The average Bonchev–Trinajstić information content (AvgIpc) is 2.92. The molecule has 2 rings (SSSR count). The van der Waals surface area contributed by atoms with Crippen molar-refractivity contribution in [3.8, 4) is 0 Å². The van der Waals surface area contributed by atoms with E-state index in [0.29, 0.717) is 0 Å². The predicted octanol–water partition coefficient (Wildman–Crippen LogP) is 2.59. The van der Waals surface area contributed by atoms with Gasteiger partial charge in [-0.1, -0.05) is 11.6 Å². The molecule has 1 amide bonds. The second kappa shape index (κ2) is 5.93. The molecule has 0 saturated carbocycles. The first-order valence-corrected chi connectivity index (χ1v) is 6.75. The van der Waals surface area contributed by atoms with E-state index in [-0.39, 0.29) is 22.4 Å². The number of halogens is 1. The molecule has 20 heavy (non-hydrogen) atoms. The minimum absolute atomic E-state index is 0.0377. The van der Waals surface area contributed by atoms with Crippen molar-refractivity contribution in [3.05, 3.63) is 49.7 Å². The zero-order chi connectivity index (χ0) is 14.7. The van der Waals surface area contributed by atoms with Gasteiger partial charge in [0.25, 0.3) is 11.6 Å². The van der Waals surface area contributed by atoms with Crippen molar-refractivity contribution in [1.29, 1.82) is 0 Å². The van der Waals surface area contributed by atoms with Gasteiger partial charge >= 0.3 is 0 Å². The Balaban J connectivity index is 2.20. The first-order chi connectivity index (χ1) is 9.49. The van der Waals surface area contributed by atoms with Gasteiger partial charge in [0.15, 0.2) is 0 Å². The molecular formula is C11H9ClN4O3S. The summed E-state index contributed by atoms with van der Waals surface area (Å²) in [6, 6.07) is 0.775. The lowest BCUT2D eigenvalue weighted by atomic mass is 10.2. The van der Waals surface area contributed by atoms with E-state index < -0.39 is 10.8 Å². The molecule has 9 heteroatoms. The fourth-order valence-corrected chi connectivity index (χ4v) is 2.32. The van der Waals surface area contributed by atoms with Gasteiger partial charge in [-0.3, -0.25) is 14.9 Å². The standard InChI is InChI=1S/C11H9ClN4O3S/c1-6(11-13-2-3-20-11)15-10(17)8-4-7(16(18)19)5-14-9(8)12/h2-6H,1H3,(H,15,17). The Labute approximate surface area is 122 Å². The first-order valence-electron chi connectivity index (χ1n) is 5.49. The number of nitrogens with zero attached hydrogens (tertiary/aromatic N) is 3. The molecule has 1 unspecified atom stereocenters. The lowest BCUT2D eigenvalue weighted by Crippen LogP contribution is -2.27. The van der Waals surface area contributed by atoms with Crippen LogP contribution < -0.4 is 5.32 Å². The average molecular weight is 313 g/mol. The van der Waals surface area contributed by atoms with Crippen molar-refractivity contribution >= 4 is 34.5 Å². The topological polar surface area (TPSA) is 98.0 Å². The zero-order valence-electron chi connectivity index (χ0n) is 10.2. The lowest BCUT2D eigenvalue weighted by molar-refractivity contribution is -0.385. The number of nitro groups is 1. The third kappa shape index (κ3) is 3.09. The van der Waals surface area contributed by atoms with Crippen LogP contribution in [0.4, 0.5) is 5.69 Å².